The fourth-order valence-electron chi connectivity index (χ4n) is 2.09. The van der Waals surface area contributed by atoms with E-state index in [2.05, 4.69) is 4.72 Å². The second-order valence-corrected chi connectivity index (χ2v) is 6.51. The first-order valence-electron chi connectivity index (χ1n) is 6.78. The first-order chi connectivity index (χ1) is 11.3. The van der Waals surface area contributed by atoms with E-state index in [9.17, 15) is 23.1 Å². The molecule has 0 aliphatic rings. The molecule has 0 radical (unpaired) electrons. The maximum absolute atomic E-state index is 12.6. The first-order valence-corrected chi connectivity index (χ1v) is 8.26. The van der Waals surface area contributed by atoms with Crippen molar-refractivity contribution in [1.29, 1.82) is 0 Å². The van der Waals surface area contributed by atoms with Crippen LogP contribution in [0.5, 0.6) is 5.75 Å². The second kappa shape index (κ2) is 6.71. The number of carbonyl (C=O) groups is 2. The van der Waals surface area contributed by atoms with Gasteiger partial charge in [-0.3, -0.25) is 9.52 Å². The molecule has 2 rings (SSSR count). The lowest BCUT2D eigenvalue weighted by Gasteiger charge is -2.15. The lowest BCUT2D eigenvalue weighted by atomic mass is 10.1. The van der Waals surface area contributed by atoms with E-state index >= 15 is 0 Å². The van der Waals surface area contributed by atoms with Gasteiger partial charge in [-0.1, -0.05) is 12.1 Å². The zero-order valence-electron chi connectivity index (χ0n) is 12.9. The smallest absolute Gasteiger partial charge is 0.265 e. The van der Waals surface area contributed by atoms with Crippen molar-refractivity contribution in [3.8, 4) is 5.75 Å². The Morgan fingerprint density at radius 2 is 1.79 bits per heavy atom. The maximum Gasteiger partial charge on any atom is 0.265 e. The number of carboxylic acid groups (broad SMARTS) is 1. The van der Waals surface area contributed by atoms with E-state index in [1.54, 1.807) is 12.1 Å². The number of carboxylic acids is 1. The number of benzene rings is 2. The molecule has 0 amide bonds. The van der Waals surface area contributed by atoms with Gasteiger partial charge in [-0.05, 0) is 42.8 Å². The summed E-state index contributed by atoms with van der Waals surface area (Å²) < 4.78 is 32.5. The van der Waals surface area contributed by atoms with E-state index in [4.69, 9.17) is 4.74 Å². The van der Waals surface area contributed by atoms with Crippen LogP contribution in [0.4, 0.5) is 5.69 Å². The van der Waals surface area contributed by atoms with E-state index in [0.717, 1.165) is 6.07 Å². The summed E-state index contributed by atoms with van der Waals surface area (Å²) >= 11 is 0. The zero-order valence-corrected chi connectivity index (χ0v) is 13.7. The van der Waals surface area contributed by atoms with E-state index < -0.39 is 16.0 Å². The molecule has 0 aliphatic heterocycles. The van der Waals surface area contributed by atoms with E-state index in [1.165, 1.54) is 38.3 Å². The van der Waals surface area contributed by atoms with Gasteiger partial charge in [-0.25, -0.2) is 8.42 Å². The normalized spacial score (nSPS) is 10.9. The van der Waals surface area contributed by atoms with Gasteiger partial charge in [0.25, 0.3) is 10.0 Å². The number of carbonyl (C=O) groups excluding carboxylic acids is 2. The third-order valence-electron chi connectivity index (χ3n) is 3.24. The van der Waals surface area contributed by atoms with Crippen molar-refractivity contribution in [3.63, 3.8) is 0 Å². The molecule has 0 aliphatic carbocycles. The molecule has 2 aromatic carbocycles. The van der Waals surface area contributed by atoms with Crippen molar-refractivity contribution in [1.82, 2.24) is 0 Å². The summed E-state index contributed by atoms with van der Waals surface area (Å²) in [6, 6.07) is 9.42. The molecule has 126 valence electrons. The number of anilines is 1. The molecule has 0 spiro atoms. The van der Waals surface area contributed by atoms with Crippen molar-refractivity contribution in [2.75, 3.05) is 11.8 Å². The molecule has 2 aromatic rings. The standard InChI is InChI=1S/C16H15NO6S/c1-10(18)12-5-3-4-6-13(12)17-24(21,22)15-9-11(16(19)20)7-8-14(15)23-2/h3-9,17H,1-2H3,(H,19,20)/p-1. The molecule has 0 saturated heterocycles. The highest BCUT2D eigenvalue weighted by Crippen LogP contribution is 2.28. The van der Waals surface area contributed by atoms with Gasteiger partial charge < -0.3 is 14.6 Å². The highest BCUT2D eigenvalue weighted by atomic mass is 32.2. The second-order valence-electron chi connectivity index (χ2n) is 4.86. The average Bonchev–Trinajstić information content (AvgIpc) is 2.54. The highest BCUT2D eigenvalue weighted by Gasteiger charge is 2.22. The van der Waals surface area contributed by atoms with Crippen molar-refractivity contribution >= 4 is 27.5 Å². The van der Waals surface area contributed by atoms with Gasteiger partial charge in [0.2, 0.25) is 0 Å². The SMILES string of the molecule is COc1ccc(C(=O)[O-])cc1S(=O)(=O)Nc1ccccc1C(C)=O. The number of nitrogens with one attached hydrogen (secondary N) is 1. The molecule has 0 saturated carbocycles. The summed E-state index contributed by atoms with van der Waals surface area (Å²) in [4.78, 5) is 22.2. The molecule has 0 atom stereocenters. The molecule has 0 heterocycles. The molecule has 0 fully saturated rings. The minimum atomic E-state index is -4.19. The summed E-state index contributed by atoms with van der Waals surface area (Å²) in [6.07, 6.45) is 0. The largest absolute Gasteiger partial charge is 0.545 e. The van der Waals surface area contributed by atoms with Crippen LogP contribution in [0.1, 0.15) is 27.6 Å². The van der Waals surface area contributed by atoms with Crippen LogP contribution in [0.25, 0.3) is 0 Å². The average molecular weight is 348 g/mol. The van der Waals surface area contributed by atoms with Crippen LogP contribution < -0.4 is 14.6 Å². The number of hydrogen-bond donors (Lipinski definition) is 1. The Morgan fingerprint density at radius 3 is 2.38 bits per heavy atom. The van der Waals surface area contributed by atoms with Crippen LogP contribution in [0.15, 0.2) is 47.4 Å². The van der Waals surface area contributed by atoms with Gasteiger partial charge in [0.05, 0.1) is 18.8 Å². The summed E-state index contributed by atoms with van der Waals surface area (Å²) in [5, 5.41) is 11.0. The van der Waals surface area contributed by atoms with Crippen LogP contribution in [0, 0.1) is 0 Å². The number of ketones is 1. The number of methoxy groups -OCH3 is 1. The van der Waals surface area contributed by atoms with Crippen LogP contribution in [-0.4, -0.2) is 27.3 Å². The van der Waals surface area contributed by atoms with E-state index in [1.807, 2.05) is 0 Å². The molecule has 0 aromatic heterocycles. The Morgan fingerprint density at radius 1 is 1.12 bits per heavy atom. The Labute approximate surface area is 138 Å². The Kier molecular flexibility index (Phi) is 4.89. The van der Waals surface area contributed by atoms with Crippen molar-refractivity contribution in [2.24, 2.45) is 0 Å². The fourth-order valence-corrected chi connectivity index (χ4v) is 3.37. The molecular formula is C16H14NO6S-. The van der Waals surface area contributed by atoms with Crippen molar-refractivity contribution < 1.29 is 27.9 Å². The number of rotatable bonds is 6. The van der Waals surface area contributed by atoms with E-state index in [-0.39, 0.29) is 33.2 Å². The third-order valence-corrected chi connectivity index (χ3v) is 4.63. The van der Waals surface area contributed by atoms with Gasteiger partial charge in [0.1, 0.15) is 10.6 Å². The number of sulfonamides is 1. The van der Waals surface area contributed by atoms with Crippen LogP contribution in [0.3, 0.4) is 0 Å². The lowest BCUT2D eigenvalue weighted by Crippen LogP contribution is -2.23. The monoisotopic (exact) mass is 348 g/mol. The topological polar surface area (TPSA) is 113 Å². The maximum atomic E-state index is 12.6. The molecule has 0 unspecified atom stereocenters. The summed E-state index contributed by atoms with van der Waals surface area (Å²) in [5.74, 6) is -1.87. The number of ether oxygens (including phenoxy) is 1. The molecule has 1 N–H and O–H groups in total. The fraction of sp³-hybridized carbons (Fsp3) is 0.125. The van der Waals surface area contributed by atoms with Crippen molar-refractivity contribution in [3.05, 3.63) is 53.6 Å². The van der Waals surface area contributed by atoms with Crippen molar-refractivity contribution in [2.45, 2.75) is 11.8 Å². The summed E-state index contributed by atoms with van der Waals surface area (Å²) in [6.45, 7) is 1.31. The summed E-state index contributed by atoms with van der Waals surface area (Å²) in [7, 11) is -2.93. The van der Waals surface area contributed by atoms with Gasteiger partial charge in [0.15, 0.2) is 5.78 Å². The van der Waals surface area contributed by atoms with Gasteiger partial charge in [0, 0.05) is 5.56 Å². The zero-order chi connectivity index (χ0) is 17.9. The van der Waals surface area contributed by atoms with Gasteiger partial charge in [-0.2, -0.15) is 0 Å². The Balaban J connectivity index is 2.54. The molecule has 7 nitrogen and oxygen atoms in total. The highest BCUT2D eigenvalue weighted by molar-refractivity contribution is 7.92. The van der Waals surface area contributed by atoms with Crippen LogP contribution in [0.2, 0.25) is 0 Å². The lowest BCUT2D eigenvalue weighted by molar-refractivity contribution is -0.255. The molecular weight excluding hydrogens is 334 g/mol. The number of hydrogen-bond acceptors (Lipinski definition) is 6. The predicted octanol–water partition coefficient (Wildman–Crippen LogP) is 1.06. The third kappa shape index (κ3) is 3.54. The quantitative estimate of drug-likeness (QED) is 0.781. The predicted molar refractivity (Wildman–Crippen MR) is 84.6 cm³/mol. The molecule has 0 bridgehead atoms. The number of aromatic carboxylic acids is 1. The minimum absolute atomic E-state index is 0.0344. The van der Waals surface area contributed by atoms with Crippen LogP contribution >= 0.6 is 0 Å². The van der Waals surface area contributed by atoms with Gasteiger partial charge >= 0.3 is 0 Å². The molecule has 8 heteroatoms. The molecule has 24 heavy (non-hydrogen) atoms. The van der Waals surface area contributed by atoms with Crippen LogP contribution in [-0.2, 0) is 10.0 Å². The van der Waals surface area contributed by atoms with E-state index in [0.29, 0.717) is 0 Å². The summed E-state index contributed by atoms with van der Waals surface area (Å²) in [5.41, 5.74) is -0.0296. The Bertz CT molecular complexity index is 905. The number of Topliss-reactive ketones (excluding diaryl/α,β-unsaturated/α-hetero) is 1. The number of para-hydroxylation sites is 1. The minimum Gasteiger partial charge on any atom is -0.545 e. The van der Waals surface area contributed by atoms with Gasteiger partial charge in [-0.15, -0.1) is 0 Å². The Hall–Kier alpha value is -2.87. The first kappa shape index (κ1) is 17.5.